The Morgan fingerprint density at radius 1 is 1.44 bits per heavy atom. The summed E-state index contributed by atoms with van der Waals surface area (Å²) in [6, 6.07) is 0. The molecule has 0 spiro atoms. The van der Waals surface area contributed by atoms with Crippen LogP contribution in [-0.4, -0.2) is 19.6 Å². The van der Waals surface area contributed by atoms with E-state index in [1.54, 1.807) is 8.66 Å². The van der Waals surface area contributed by atoms with Gasteiger partial charge in [0.1, 0.15) is 0 Å². The van der Waals surface area contributed by atoms with Crippen LogP contribution in [0.1, 0.15) is 6.92 Å². The third kappa shape index (κ3) is 0.783. The Hall–Kier alpha value is -0.352. The van der Waals surface area contributed by atoms with Crippen molar-refractivity contribution in [2.75, 3.05) is 0 Å². The zero-order valence-corrected chi connectivity index (χ0v) is 7.13. The molecule has 0 aromatic rings. The third-order valence-corrected chi connectivity index (χ3v) is 3.86. The summed E-state index contributed by atoms with van der Waals surface area (Å²) in [6.45, 7) is 2.22. The molecule has 1 aliphatic heterocycles. The van der Waals surface area contributed by atoms with Crippen molar-refractivity contribution in [2.45, 2.75) is 6.92 Å². The van der Waals surface area contributed by atoms with Gasteiger partial charge in [0.25, 0.3) is 0 Å². The number of rotatable bonds is 0. The number of fused-ring (bicyclic) bond motifs is 1. The topological polar surface area (TPSA) is 0 Å². The van der Waals surface area contributed by atoms with Crippen molar-refractivity contribution < 1.29 is 0 Å². The van der Waals surface area contributed by atoms with Crippen LogP contribution in [0.4, 0.5) is 0 Å². The van der Waals surface area contributed by atoms with E-state index in [2.05, 4.69) is 31.2 Å². The molecule has 0 radical (unpaired) electrons. The summed E-state index contributed by atoms with van der Waals surface area (Å²) in [6.07, 6.45) is 8.88. The fourth-order valence-electron chi connectivity index (χ4n) is 1.10. The Morgan fingerprint density at radius 3 is 3.11 bits per heavy atom. The average Bonchev–Trinajstić information content (AvgIpc) is 2.22. The maximum atomic E-state index is 2.30. The van der Waals surface area contributed by atoms with Crippen LogP contribution in [0.3, 0.4) is 0 Å². The monoisotopic (exact) mass is 178 g/mol. The number of hydrogen-bond acceptors (Lipinski definition) is 0. The molecular weight excluding hydrogens is 171 g/mol. The molecule has 0 aromatic carbocycles. The molecule has 0 bridgehead atoms. The molecule has 0 aromatic heterocycles. The summed E-state index contributed by atoms with van der Waals surface area (Å²) in [4.78, 5) is 0. The van der Waals surface area contributed by atoms with Crippen molar-refractivity contribution in [3.05, 3.63) is 34.2 Å². The van der Waals surface area contributed by atoms with Gasteiger partial charge in [0.2, 0.25) is 0 Å². The summed E-state index contributed by atoms with van der Waals surface area (Å²) in [5, 5.41) is 0. The van der Waals surface area contributed by atoms with Gasteiger partial charge in [-0.25, -0.2) is 0 Å². The second-order valence-corrected chi connectivity index (χ2v) is 5.22. The third-order valence-electron chi connectivity index (χ3n) is 1.49. The van der Waals surface area contributed by atoms with Gasteiger partial charge in [0.05, 0.1) is 0 Å². The zero-order valence-electron chi connectivity index (χ0n) is 5.26. The Bertz CT molecular complexity index is 264. The fourth-order valence-corrected chi connectivity index (χ4v) is 3.22. The van der Waals surface area contributed by atoms with Gasteiger partial charge in [-0.2, -0.15) is 0 Å². The van der Waals surface area contributed by atoms with E-state index in [0.717, 1.165) is 0 Å². The van der Waals surface area contributed by atoms with Crippen LogP contribution >= 0.6 is 0 Å². The summed E-state index contributed by atoms with van der Waals surface area (Å²) in [5.74, 6) is 0. The Labute approximate surface area is 61.2 Å². The van der Waals surface area contributed by atoms with Crippen molar-refractivity contribution in [1.82, 2.24) is 0 Å². The normalized spacial score (nSPS) is 23.0. The molecule has 9 heavy (non-hydrogen) atoms. The molecular formula is C8H7As. The SMILES string of the molecule is CC1=CC2=CC=CC2=[As]1. The van der Waals surface area contributed by atoms with Gasteiger partial charge in [-0.1, -0.05) is 0 Å². The van der Waals surface area contributed by atoms with Gasteiger partial charge in [-0.15, -0.1) is 0 Å². The predicted octanol–water partition coefficient (Wildman–Crippen LogP) is 1.28. The minimum atomic E-state index is 0.393. The first kappa shape index (κ1) is 5.43. The number of hydrogen-bond donors (Lipinski definition) is 0. The van der Waals surface area contributed by atoms with Crippen molar-refractivity contribution in [3.63, 3.8) is 0 Å². The van der Waals surface area contributed by atoms with Crippen LogP contribution in [0.2, 0.25) is 0 Å². The van der Waals surface area contributed by atoms with E-state index in [-0.39, 0.29) is 0 Å². The van der Waals surface area contributed by atoms with Crippen molar-refractivity contribution >= 4 is 19.6 Å². The van der Waals surface area contributed by atoms with E-state index in [1.807, 2.05) is 0 Å². The molecule has 0 nitrogen and oxygen atoms in total. The standard InChI is InChI=1S/C8H7As/c1-6-5-7-3-2-4-8(7)9-6/h2-5H,1H3. The molecule has 0 fully saturated rings. The Balaban J connectivity index is 2.53. The van der Waals surface area contributed by atoms with Gasteiger partial charge in [-0.3, -0.25) is 0 Å². The van der Waals surface area contributed by atoms with E-state index < -0.39 is 0 Å². The number of allylic oxidation sites excluding steroid dienone is 6. The first-order valence-corrected chi connectivity index (χ1v) is 4.90. The summed E-state index contributed by atoms with van der Waals surface area (Å²) in [7, 11) is 0. The quantitative estimate of drug-likeness (QED) is 0.490. The van der Waals surface area contributed by atoms with Crippen LogP contribution in [0.5, 0.6) is 0 Å². The van der Waals surface area contributed by atoms with Crippen molar-refractivity contribution in [2.24, 2.45) is 0 Å². The van der Waals surface area contributed by atoms with Crippen LogP contribution in [0.25, 0.3) is 0 Å². The summed E-state index contributed by atoms with van der Waals surface area (Å²) < 4.78 is 3.17. The van der Waals surface area contributed by atoms with Crippen LogP contribution in [0, 0.1) is 0 Å². The Kier molecular flexibility index (Phi) is 1.10. The molecule has 0 amide bonds. The molecule has 0 saturated heterocycles. The van der Waals surface area contributed by atoms with Gasteiger partial charge in [0.15, 0.2) is 0 Å². The predicted molar refractivity (Wildman–Crippen MR) is 41.7 cm³/mol. The van der Waals surface area contributed by atoms with Gasteiger partial charge in [-0.05, 0) is 0 Å². The zero-order chi connectivity index (χ0) is 6.27. The molecule has 2 rings (SSSR count). The van der Waals surface area contributed by atoms with E-state index in [1.165, 1.54) is 5.57 Å². The van der Waals surface area contributed by atoms with Crippen LogP contribution in [0.15, 0.2) is 34.2 Å². The fraction of sp³-hybridized carbons (Fsp3) is 0.125. The van der Waals surface area contributed by atoms with Gasteiger partial charge >= 0.3 is 60.8 Å². The summed E-state index contributed by atoms with van der Waals surface area (Å²) >= 11 is 0.393. The Morgan fingerprint density at radius 2 is 2.33 bits per heavy atom. The van der Waals surface area contributed by atoms with E-state index in [4.69, 9.17) is 0 Å². The molecule has 0 saturated carbocycles. The van der Waals surface area contributed by atoms with Crippen LogP contribution in [-0.2, 0) is 0 Å². The van der Waals surface area contributed by atoms with E-state index in [9.17, 15) is 0 Å². The molecule has 1 heteroatoms. The molecule has 0 atom stereocenters. The summed E-state index contributed by atoms with van der Waals surface area (Å²) in [5.41, 5.74) is 1.47. The minimum absolute atomic E-state index is 0.393. The van der Waals surface area contributed by atoms with Crippen LogP contribution < -0.4 is 0 Å². The van der Waals surface area contributed by atoms with Crippen molar-refractivity contribution in [3.8, 4) is 0 Å². The first-order valence-electron chi connectivity index (χ1n) is 3.02. The average molecular weight is 178 g/mol. The first-order chi connectivity index (χ1) is 4.36. The van der Waals surface area contributed by atoms with Crippen molar-refractivity contribution in [1.29, 1.82) is 0 Å². The molecule has 0 N–H and O–H groups in total. The second-order valence-electron chi connectivity index (χ2n) is 2.26. The van der Waals surface area contributed by atoms with Gasteiger partial charge < -0.3 is 0 Å². The molecule has 44 valence electrons. The van der Waals surface area contributed by atoms with E-state index >= 15 is 0 Å². The maximum absolute atomic E-state index is 2.30. The van der Waals surface area contributed by atoms with Gasteiger partial charge in [0, 0.05) is 0 Å². The molecule has 2 aliphatic rings. The molecule has 1 aliphatic carbocycles. The molecule has 1 heterocycles. The van der Waals surface area contributed by atoms with E-state index in [0.29, 0.717) is 15.3 Å². The second kappa shape index (κ2) is 1.81. The molecule has 0 unspecified atom stereocenters.